The summed E-state index contributed by atoms with van der Waals surface area (Å²) in [6.45, 7) is 0. The molecule has 0 saturated carbocycles. The van der Waals surface area contributed by atoms with Gasteiger partial charge >= 0.3 is 5.96 Å². The molecule has 1 aromatic heterocycles. The van der Waals surface area contributed by atoms with Gasteiger partial charge in [0, 0.05) is 0 Å². The van der Waals surface area contributed by atoms with Crippen molar-refractivity contribution < 1.29 is 22.5 Å². The normalized spacial score (nSPS) is 8.00. The highest BCUT2D eigenvalue weighted by atomic mass is 35.5. The first-order valence-electron chi connectivity index (χ1n) is 2.37. The molecule has 0 aliphatic heterocycles. The van der Waals surface area contributed by atoms with E-state index in [1.54, 1.807) is 12.4 Å². The second kappa shape index (κ2) is 3.73. The molecule has 0 fully saturated rings. The Balaban J connectivity index is 0.000000810. The molecule has 0 unspecified atom stereocenters. The Labute approximate surface area is 63.8 Å². The molecule has 6 heteroatoms. The van der Waals surface area contributed by atoms with Gasteiger partial charge in [-0.05, 0) is 9.78 Å². The summed E-state index contributed by atoms with van der Waals surface area (Å²) >= 11 is 0. The highest BCUT2D eigenvalue weighted by Gasteiger charge is 2.06. The van der Waals surface area contributed by atoms with Crippen LogP contribution in [0.15, 0.2) is 18.7 Å². The van der Waals surface area contributed by atoms with E-state index >= 15 is 0 Å². The molecule has 0 aliphatic rings. The lowest BCUT2D eigenvalue weighted by molar-refractivity contribution is -0.645. The van der Waals surface area contributed by atoms with Crippen molar-refractivity contribution in [2.75, 3.05) is 0 Å². The number of rotatable bonds is 0. The van der Waals surface area contributed by atoms with Gasteiger partial charge < -0.3 is 12.4 Å². The summed E-state index contributed by atoms with van der Waals surface area (Å²) < 4.78 is 1.33. The van der Waals surface area contributed by atoms with Crippen molar-refractivity contribution in [1.29, 1.82) is 0 Å². The summed E-state index contributed by atoms with van der Waals surface area (Å²) in [7, 11) is 0. The highest BCUT2D eigenvalue weighted by molar-refractivity contribution is 5.60. The second-order valence-electron chi connectivity index (χ2n) is 1.45. The smallest absolute Gasteiger partial charge is 0.542 e. The topological polar surface area (TPSA) is 81.3 Å². The molecule has 5 nitrogen and oxygen atoms in total. The Hall–Kier alpha value is -1.23. The van der Waals surface area contributed by atoms with Gasteiger partial charge in [-0.2, -0.15) is 0 Å². The maximum absolute atomic E-state index is 5.18. The molecule has 54 valence electrons. The van der Waals surface area contributed by atoms with E-state index < -0.39 is 0 Å². The Morgan fingerprint density at radius 2 is 2.30 bits per heavy atom. The van der Waals surface area contributed by atoms with Crippen LogP contribution in [-0.2, 0) is 0 Å². The molecule has 10 heavy (non-hydrogen) atoms. The lowest BCUT2D eigenvalue weighted by atomic mass is 10.8. The summed E-state index contributed by atoms with van der Waals surface area (Å²) in [4.78, 5) is 3.67. The van der Waals surface area contributed by atoms with Gasteiger partial charge in [-0.15, -0.1) is 0 Å². The molecule has 4 N–H and O–H groups in total. The molecule has 0 spiro atoms. The minimum Gasteiger partial charge on any atom is -1.00 e. The summed E-state index contributed by atoms with van der Waals surface area (Å²) in [6, 6.07) is 0. The fraction of sp³-hybridized carbons (Fsp3) is 0. The number of aromatic nitrogens is 3. The molecule has 0 atom stereocenters. The average molecular weight is 161 g/mol. The second-order valence-corrected chi connectivity index (χ2v) is 1.45. The van der Waals surface area contributed by atoms with Crippen molar-refractivity contribution in [3.63, 3.8) is 0 Å². The van der Waals surface area contributed by atoms with Gasteiger partial charge in [0.2, 0.25) is 0 Å². The molecule has 1 aromatic rings. The van der Waals surface area contributed by atoms with Gasteiger partial charge in [-0.1, -0.05) is 0 Å². The molecule has 1 heterocycles. The third kappa shape index (κ3) is 1.94. The fourth-order valence-electron chi connectivity index (χ4n) is 0.417. The van der Waals surface area contributed by atoms with Gasteiger partial charge in [-0.3, -0.25) is 0 Å². The van der Waals surface area contributed by atoms with Crippen LogP contribution in [0.25, 0.3) is 0 Å². The van der Waals surface area contributed by atoms with Gasteiger partial charge in [-0.25, -0.2) is 16.1 Å². The minimum atomic E-state index is 0. The fourth-order valence-corrected chi connectivity index (χ4v) is 0.417. The van der Waals surface area contributed by atoms with Crippen molar-refractivity contribution in [3.05, 3.63) is 18.7 Å². The molecule has 1 rings (SSSR count). The van der Waals surface area contributed by atoms with E-state index in [4.69, 9.17) is 11.1 Å². The predicted octanol–water partition coefficient (Wildman–Crippen LogP) is -6.31. The van der Waals surface area contributed by atoms with E-state index in [0.717, 1.165) is 0 Å². The van der Waals surface area contributed by atoms with Crippen LogP contribution in [-0.4, -0.2) is 16.0 Å². The van der Waals surface area contributed by atoms with Gasteiger partial charge in [0.25, 0.3) is 0 Å². The summed E-state index contributed by atoms with van der Waals surface area (Å²) in [5.41, 5.74) is 5.18. The molecule has 0 saturated heterocycles. The van der Waals surface area contributed by atoms with Gasteiger partial charge in [0.05, 0.1) is 6.20 Å². The third-order valence-electron chi connectivity index (χ3n) is 0.801. The maximum Gasteiger partial charge on any atom is 0.542 e. The summed E-state index contributed by atoms with van der Waals surface area (Å²) in [5.74, 6) is 0.136. The van der Waals surface area contributed by atoms with Crippen molar-refractivity contribution in [2.24, 2.45) is 5.73 Å². The third-order valence-corrected chi connectivity index (χ3v) is 0.801. The van der Waals surface area contributed by atoms with Crippen LogP contribution in [0.4, 0.5) is 0 Å². The number of hydrogen-bond donors (Lipinski definition) is 2. The highest BCUT2D eigenvalue weighted by Crippen LogP contribution is 1.58. The lowest BCUT2D eigenvalue weighted by Crippen LogP contribution is -3.00. The van der Waals surface area contributed by atoms with Crippen LogP contribution in [0.5, 0.6) is 0 Å². The van der Waals surface area contributed by atoms with Gasteiger partial charge in [0.15, 0.2) is 12.5 Å². The Kier molecular flexibility index (Phi) is 3.27. The Morgan fingerprint density at radius 3 is 2.60 bits per heavy atom. The van der Waals surface area contributed by atoms with E-state index in [2.05, 4.69) is 10.1 Å². The standard InChI is InChI=1S/C4H6N5.ClH/c5-4(6)9-2-1-7-3-8-9;/h1-3H,(H3,5,6);1H/q+1;. The maximum atomic E-state index is 5.18. The number of hydrogen-bond acceptors (Lipinski definition) is 2. The summed E-state index contributed by atoms with van der Waals surface area (Å²) in [6.07, 6.45) is 4.47. The van der Waals surface area contributed by atoms with Crippen molar-refractivity contribution in [3.8, 4) is 0 Å². The van der Waals surface area contributed by atoms with Crippen LogP contribution >= 0.6 is 0 Å². The lowest BCUT2D eigenvalue weighted by Gasteiger charge is -1.80. The monoisotopic (exact) mass is 160 g/mol. The van der Waals surface area contributed by atoms with Gasteiger partial charge in [0.1, 0.15) is 0 Å². The van der Waals surface area contributed by atoms with Crippen LogP contribution in [0.3, 0.4) is 0 Å². The van der Waals surface area contributed by atoms with E-state index in [9.17, 15) is 0 Å². The SMILES string of the molecule is NC(=[NH2+])[n+]1ccncn1.[Cl-]. The molecular formula is C4H7ClN5+. The molecule has 0 aromatic carbocycles. The first-order chi connectivity index (χ1) is 4.30. The first kappa shape index (κ1) is 8.77. The van der Waals surface area contributed by atoms with Crippen LogP contribution in [0.2, 0.25) is 0 Å². The van der Waals surface area contributed by atoms with Crippen LogP contribution in [0.1, 0.15) is 0 Å². The Bertz CT molecular complexity index is 210. The zero-order valence-corrected chi connectivity index (χ0v) is 5.86. The van der Waals surface area contributed by atoms with Crippen molar-refractivity contribution in [1.82, 2.24) is 10.1 Å². The van der Waals surface area contributed by atoms with Crippen molar-refractivity contribution in [2.45, 2.75) is 0 Å². The summed E-state index contributed by atoms with van der Waals surface area (Å²) in [5, 5.41) is 8.88. The van der Waals surface area contributed by atoms with E-state index in [1.165, 1.54) is 11.0 Å². The van der Waals surface area contributed by atoms with E-state index in [1.807, 2.05) is 0 Å². The predicted molar refractivity (Wildman–Crippen MR) is 28.7 cm³/mol. The van der Waals surface area contributed by atoms with E-state index in [-0.39, 0.29) is 18.4 Å². The number of halogens is 1. The zero-order chi connectivity index (χ0) is 6.69. The van der Waals surface area contributed by atoms with E-state index in [0.29, 0.717) is 0 Å². The molecule has 0 bridgehead atoms. The number of nitrogens with two attached hydrogens (primary N) is 2. The Morgan fingerprint density at radius 1 is 1.60 bits per heavy atom. The zero-order valence-electron chi connectivity index (χ0n) is 5.11. The number of nitrogens with zero attached hydrogens (tertiary/aromatic N) is 3. The van der Waals surface area contributed by atoms with Crippen molar-refractivity contribution >= 4 is 5.96 Å². The molecule has 0 amide bonds. The largest absolute Gasteiger partial charge is 1.00 e. The molecule has 0 aliphatic carbocycles. The van der Waals surface area contributed by atoms with Crippen LogP contribution in [0, 0.1) is 0 Å². The molecular weight excluding hydrogens is 154 g/mol. The first-order valence-corrected chi connectivity index (χ1v) is 2.37. The van der Waals surface area contributed by atoms with Crippen LogP contribution < -0.4 is 28.2 Å². The average Bonchev–Trinajstić information content (AvgIpc) is 1.90. The quantitative estimate of drug-likeness (QED) is 0.225. The minimum absolute atomic E-state index is 0. The molecule has 0 radical (unpaired) electrons.